The second-order valence-electron chi connectivity index (χ2n) is 7.14. The van der Waals surface area contributed by atoms with E-state index in [1.54, 1.807) is 0 Å². The van der Waals surface area contributed by atoms with Crippen molar-refractivity contribution < 1.29 is 43.8 Å². The van der Waals surface area contributed by atoms with Gasteiger partial charge in [-0.2, -0.15) is 0 Å². The van der Waals surface area contributed by atoms with Crippen molar-refractivity contribution in [2.75, 3.05) is 0 Å². The van der Waals surface area contributed by atoms with Gasteiger partial charge >= 0.3 is 5.97 Å². The first kappa shape index (κ1) is 29.2. The van der Waals surface area contributed by atoms with E-state index in [4.69, 9.17) is 28.0 Å². The molecule has 0 radical (unpaired) electrons. The molecule has 0 aromatic heterocycles. The number of aliphatic carboxylic acids is 1. The molecule has 0 aliphatic carbocycles. The largest absolute Gasteiger partial charge is 0.480 e. The molecule has 0 spiro atoms. The Morgan fingerprint density at radius 3 is 1.70 bits per heavy atom. The van der Waals surface area contributed by atoms with E-state index in [0.29, 0.717) is 0 Å². The second-order valence-corrected chi connectivity index (χ2v) is 7.14. The lowest BCUT2D eigenvalue weighted by atomic mass is 10.1. The number of carbonyl (C=O) groups is 7. The third kappa shape index (κ3) is 11.4. The van der Waals surface area contributed by atoms with Crippen LogP contribution in [0.15, 0.2) is 0 Å². The number of carboxylic acids is 1. The summed E-state index contributed by atoms with van der Waals surface area (Å²) < 4.78 is 0. The molecule has 0 aromatic carbocycles. The number of nitrogens with one attached hydrogen (secondary N) is 3. The normalized spacial score (nSPS) is 15.1. The van der Waals surface area contributed by atoms with Crippen LogP contribution in [0, 0.1) is 0 Å². The van der Waals surface area contributed by atoms with Crippen LogP contribution in [0.5, 0.6) is 0 Å². The quantitative estimate of drug-likeness (QED) is 0.108. The highest BCUT2D eigenvalue weighted by Crippen LogP contribution is 2.03. The van der Waals surface area contributed by atoms with Crippen LogP contribution in [0.4, 0.5) is 0 Å². The standard InChI is InChI=1S/C17H29N7O9/c1-6(25)13(24-14(29)7(18)4-11(20)27)16(31)22-8(2-3-10(19)26)15(30)23-9(17(32)33)5-12(21)28/h6-9,13,25H,2-5,18H2,1H3,(H2,19,26)(H2,20,27)(H2,21,28)(H,22,31)(H,23,30)(H,24,29)(H,32,33). The molecule has 16 heteroatoms. The number of primary amides is 3. The fourth-order valence-corrected chi connectivity index (χ4v) is 2.47. The molecule has 0 fully saturated rings. The number of amides is 6. The first-order valence-electron chi connectivity index (χ1n) is 9.58. The minimum absolute atomic E-state index is 0.377. The number of nitrogens with two attached hydrogens (primary N) is 4. The van der Waals surface area contributed by atoms with E-state index in [0.717, 1.165) is 6.92 Å². The molecular formula is C17H29N7O9. The van der Waals surface area contributed by atoms with Crippen molar-refractivity contribution in [2.45, 2.75) is 62.9 Å². The third-order valence-corrected chi connectivity index (χ3v) is 4.15. The summed E-state index contributed by atoms with van der Waals surface area (Å²) in [7, 11) is 0. The Kier molecular flexibility index (Phi) is 12.0. The van der Waals surface area contributed by atoms with E-state index in [2.05, 4.69) is 10.6 Å². The first-order chi connectivity index (χ1) is 15.1. The van der Waals surface area contributed by atoms with E-state index in [9.17, 15) is 38.7 Å². The number of carbonyl (C=O) groups excluding carboxylic acids is 6. The summed E-state index contributed by atoms with van der Waals surface area (Å²) in [6.45, 7) is 1.13. The highest BCUT2D eigenvalue weighted by molar-refractivity contribution is 5.96. The molecule has 16 nitrogen and oxygen atoms in total. The highest BCUT2D eigenvalue weighted by atomic mass is 16.4. The van der Waals surface area contributed by atoms with E-state index < -0.39 is 90.9 Å². The number of hydrogen-bond acceptors (Lipinski definition) is 9. The summed E-state index contributed by atoms with van der Waals surface area (Å²) in [5.41, 5.74) is 20.4. The molecular weight excluding hydrogens is 446 g/mol. The molecule has 0 bridgehead atoms. The van der Waals surface area contributed by atoms with Gasteiger partial charge in [0.25, 0.3) is 0 Å². The summed E-state index contributed by atoms with van der Waals surface area (Å²) in [6, 6.07) is -6.34. The number of aliphatic hydroxyl groups is 1. The Labute approximate surface area is 187 Å². The third-order valence-electron chi connectivity index (χ3n) is 4.15. The Morgan fingerprint density at radius 2 is 1.27 bits per heavy atom. The van der Waals surface area contributed by atoms with Crippen molar-refractivity contribution in [1.29, 1.82) is 0 Å². The fraction of sp³-hybridized carbons (Fsp3) is 0.588. The zero-order valence-electron chi connectivity index (χ0n) is 17.8. The summed E-state index contributed by atoms with van der Waals surface area (Å²) in [6.07, 6.45) is -3.57. The van der Waals surface area contributed by atoms with E-state index in [1.165, 1.54) is 0 Å². The van der Waals surface area contributed by atoms with E-state index in [1.807, 2.05) is 5.32 Å². The molecule has 0 aliphatic heterocycles. The predicted molar refractivity (Wildman–Crippen MR) is 109 cm³/mol. The first-order valence-corrected chi connectivity index (χ1v) is 9.58. The van der Waals surface area contributed by atoms with Crippen LogP contribution in [0.3, 0.4) is 0 Å². The van der Waals surface area contributed by atoms with Crippen molar-refractivity contribution in [3.63, 3.8) is 0 Å². The lowest BCUT2D eigenvalue weighted by molar-refractivity contribution is -0.144. The van der Waals surface area contributed by atoms with Crippen LogP contribution >= 0.6 is 0 Å². The molecule has 0 rings (SSSR count). The van der Waals surface area contributed by atoms with Gasteiger partial charge in [-0.25, -0.2) is 4.79 Å². The Hall–Kier alpha value is -3.79. The Bertz CT molecular complexity index is 787. The summed E-state index contributed by atoms with van der Waals surface area (Å²) in [5, 5.41) is 25.3. The molecule has 0 aromatic rings. The predicted octanol–water partition coefficient (Wildman–Crippen LogP) is -5.75. The number of carboxylic acid groups (broad SMARTS) is 1. The van der Waals surface area contributed by atoms with Gasteiger partial charge in [0.2, 0.25) is 35.4 Å². The minimum atomic E-state index is -1.72. The molecule has 0 saturated heterocycles. The van der Waals surface area contributed by atoms with Gasteiger partial charge in [-0.05, 0) is 13.3 Å². The maximum atomic E-state index is 12.6. The molecule has 5 atom stereocenters. The second kappa shape index (κ2) is 13.6. The molecule has 13 N–H and O–H groups in total. The van der Waals surface area contributed by atoms with Crippen molar-refractivity contribution >= 4 is 41.4 Å². The summed E-state index contributed by atoms with van der Waals surface area (Å²) in [4.78, 5) is 81.5. The van der Waals surface area contributed by atoms with Crippen LogP contribution in [0.25, 0.3) is 0 Å². The SMILES string of the molecule is CC(O)C(NC(=O)C(N)CC(N)=O)C(=O)NC(CCC(N)=O)C(=O)NC(CC(N)=O)C(=O)O. The van der Waals surface area contributed by atoms with Gasteiger partial charge in [0.1, 0.15) is 18.1 Å². The molecule has 5 unspecified atom stereocenters. The van der Waals surface area contributed by atoms with Crippen LogP contribution in [-0.2, 0) is 33.6 Å². The lowest BCUT2D eigenvalue weighted by Crippen LogP contribution is -2.60. The van der Waals surface area contributed by atoms with Crippen molar-refractivity contribution in [2.24, 2.45) is 22.9 Å². The fourth-order valence-electron chi connectivity index (χ4n) is 2.47. The molecule has 0 aliphatic rings. The van der Waals surface area contributed by atoms with Gasteiger partial charge in [-0.1, -0.05) is 0 Å². The molecule has 0 saturated carbocycles. The maximum absolute atomic E-state index is 12.6. The topological polar surface area (TPSA) is 300 Å². The average Bonchev–Trinajstić information content (AvgIpc) is 2.66. The molecule has 186 valence electrons. The van der Waals surface area contributed by atoms with Crippen molar-refractivity contribution in [3.8, 4) is 0 Å². The zero-order valence-corrected chi connectivity index (χ0v) is 17.8. The van der Waals surface area contributed by atoms with Gasteiger partial charge < -0.3 is 49.1 Å². The van der Waals surface area contributed by atoms with Gasteiger partial charge in [0, 0.05) is 6.42 Å². The van der Waals surface area contributed by atoms with Gasteiger partial charge in [-0.15, -0.1) is 0 Å². The number of hydrogen-bond donors (Lipinski definition) is 9. The van der Waals surface area contributed by atoms with Gasteiger partial charge in [0.05, 0.1) is 25.0 Å². The van der Waals surface area contributed by atoms with Crippen LogP contribution in [0.1, 0.15) is 32.6 Å². The maximum Gasteiger partial charge on any atom is 0.326 e. The van der Waals surface area contributed by atoms with E-state index in [-0.39, 0.29) is 6.42 Å². The average molecular weight is 475 g/mol. The van der Waals surface area contributed by atoms with Gasteiger partial charge in [0.15, 0.2) is 0 Å². The van der Waals surface area contributed by atoms with Crippen LogP contribution < -0.4 is 38.9 Å². The van der Waals surface area contributed by atoms with Gasteiger partial charge in [-0.3, -0.25) is 28.8 Å². The molecule has 6 amide bonds. The Balaban J connectivity index is 5.53. The van der Waals surface area contributed by atoms with Crippen molar-refractivity contribution in [1.82, 2.24) is 16.0 Å². The zero-order chi connectivity index (χ0) is 25.9. The highest BCUT2D eigenvalue weighted by Gasteiger charge is 2.33. The van der Waals surface area contributed by atoms with Crippen LogP contribution in [-0.4, -0.2) is 81.9 Å². The van der Waals surface area contributed by atoms with E-state index >= 15 is 0 Å². The number of rotatable bonds is 15. The lowest BCUT2D eigenvalue weighted by Gasteiger charge is -2.26. The summed E-state index contributed by atoms with van der Waals surface area (Å²) in [5.74, 6) is -7.53. The molecule has 0 heterocycles. The number of aliphatic hydroxyl groups excluding tert-OH is 1. The summed E-state index contributed by atoms with van der Waals surface area (Å²) >= 11 is 0. The minimum Gasteiger partial charge on any atom is -0.480 e. The van der Waals surface area contributed by atoms with Crippen LogP contribution in [0.2, 0.25) is 0 Å². The Morgan fingerprint density at radius 1 is 0.758 bits per heavy atom. The smallest absolute Gasteiger partial charge is 0.326 e. The monoisotopic (exact) mass is 475 g/mol. The van der Waals surface area contributed by atoms with Crippen molar-refractivity contribution in [3.05, 3.63) is 0 Å². The molecule has 33 heavy (non-hydrogen) atoms.